The minimum absolute atomic E-state index is 0.686. The predicted molar refractivity (Wildman–Crippen MR) is 47.2 cm³/mol. The van der Waals surface area contributed by atoms with Crippen LogP contribution >= 0.6 is 0 Å². The third kappa shape index (κ3) is 6.61. The fraction of sp³-hybridized carbons (Fsp3) is 1.00. The lowest BCUT2D eigenvalue weighted by Crippen LogP contribution is -2.02. The Balaban J connectivity index is 3.09. The largest absolute Gasteiger partial charge is 0.291 e. The zero-order valence-electron chi connectivity index (χ0n) is 6.46. The topological polar surface area (TPSA) is 18.5 Å². The van der Waals surface area contributed by atoms with Gasteiger partial charge in [-0.1, -0.05) is 13.8 Å². The van der Waals surface area contributed by atoms with Crippen LogP contribution in [0.15, 0.2) is 0 Å². The zero-order chi connectivity index (χ0) is 7.82. The molecular weight excluding hydrogens is 168 g/mol. The molecule has 0 aromatic carbocycles. The highest BCUT2D eigenvalue weighted by Gasteiger charge is 1.92. The third-order valence-electron chi connectivity index (χ3n) is 0.767. The maximum atomic E-state index is 5.11. The van der Waals surface area contributed by atoms with Crippen molar-refractivity contribution in [2.45, 2.75) is 26.7 Å². The molecule has 0 fully saturated rings. The molecular formula is C6H14O2S2. The van der Waals surface area contributed by atoms with Crippen LogP contribution in [0.2, 0.25) is 0 Å². The van der Waals surface area contributed by atoms with Crippen molar-refractivity contribution in [2.75, 3.05) is 13.2 Å². The van der Waals surface area contributed by atoms with Crippen molar-refractivity contribution in [3.63, 3.8) is 0 Å². The van der Waals surface area contributed by atoms with Crippen LogP contribution in [0, 0.1) is 0 Å². The summed E-state index contributed by atoms with van der Waals surface area (Å²) in [5, 5.41) is 0. The first kappa shape index (κ1) is 10.5. The lowest BCUT2D eigenvalue weighted by atomic mass is 10.5. The molecule has 0 aromatic rings. The van der Waals surface area contributed by atoms with E-state index < -0.39 is 10.0 Å². The average molecular weight is 182 g/mol. The van der Waals surface area contributed by atoms with E-state index in [0.29, 0.717) is 13.2 Å². The minimum atomic E-state index is -0.686. The molecule has 62 valence electrons. The third-order valence-corrected chi connectivity index (χ3v) is 2.06. The van der Waals surface area contributed by atoms with Crippen molar-refractivity contribution in [3.8, 4) is 0 Å². The summed E-state index contributed by atoms with van der Waals surface area (Å²) in [6, 6.07) is 0. The molecule has 0 saturated carbocycles. The van der Waals surface area contributed by atoms with Crippen molar-refractivity contribution in [3.05, 3.63) is 0 Å². The van der Waals surface area contributed by atoms with Gasteiger partial charge in [-0.15, -0.1) is 0 Å². The normalized spacial score (nSPS) is 10.7. The Morgan fingerprint density at radius 3 is 1.80 bits per heavy atom. The summed E-state index contributed by atoms with van der Waals surface area (Å²) >= 11 is 4.85. The Morgan fingerprint density at radius 1 is 1.10 bits per heavy atom. The lowest BCUT2D eigenvalue weighted by molar-refractivity contribution is 0.278. The Labute approximate surface area is 69.9 Å². The maximum Gasteiger partial charge on any atom is 0.148 e. The van der Waals surface area contributed by atoms with Gasteiger partial charge < -0.3 is 0 Å². The van der Waals surface area contributed by atoms with Gasteiger partial charge in [0, 0.05) is 11.2 Å². The van der Waals surface area contributed by atoms with Crippen molar-refractivity contribution >= 4 is 21.2 Å². The Bertz CT molecular complexity index is 85.7. The molecule has 0 spiro atoms. The van der Waals surface area contributed by atoms with E-state index in [1.54, 1.807) is 0 Å². The Kier molecular flexibility index (Phi) is 7.97. The molecule has 2 nitrogen and oxygen atoms in total. The monoisotopic (exact) mass is 182 g/mol. The van der Waals surface area contributed by atoms with Crippen LogP contribution in [-0.2, 0) is 29.6 Å². The quantitative estimate of drug-likeness (QED) is 0.623. The molecule has 0 unspecified atom stereocenters. The van der Waals surface area contributed by atoms with Gasteiger partial charge >= 0.3 is 0 Å². The van der Waals surface area contributed by atoms with Crippen LogP contribution in [0.5, 0.6) is 0 Å². The number of hydrogen-bond donors (Lipinski definition) is 0. The van der Waals surface area contributed by atoms with Crippen molar-refractivity contribution < 1.29 is 8.37 Å². The van der Waals surface area contributed by atoms with E-state index in [1.165, 1.54) is 0 Å². The number of rotatable bonds is 6. The molecule has 0 saturated heterocycles. The van der Waals surface area contributed by atoms with Crippen LogP contribution in [-0.4, -0.2) is 13.2 Å². The first-order valence-electron chi connectivity index (χ1n) is 3.49. The van der Waals surface area contributed by atoms with Crippen LogP contribution in [0.4, 0.5) is 0 Å². The van der Waals surface area contributed by atoms with Crippen molar-refractivity contribution in [1.82, 2.24) is 0 Å². The molecule has 0 rings (SSSR count). The van der Waals surface area contributed by atoms with E-state index in [4.69, 9.17) is 19.6 Å². The SMILES string of the molecule is CCCOS(=S)OCCC. The molecule has 10 heavy (non-hydrogen) atoms. The highest BCUT2D eigenvalue weighted by molar-refractivity contribution is 8.23. The molecule has 0 aliphatic heterocycles. The molecule has 0 atom stereocenters. The molecule has 0 aromatic heterocycles. The van der Waals surface area contributed by atoms with E-state index in [1.807, 2.05) is 13.8 Å². The minimum Gasteiger partial charge on any atom is -0.291 e. The fourth-order valence-electron chi connectivity index (χ4n) is 0.337. The van der Waals surface area contributed by atoms with E-state index >= 15 is 0 Å². The Morgan fingerprint density at radius 2 is 1.50 bits per heavy atom. The predicted octanol–water partition coefficient (Wildman–Crippen LogP) is 1.75. The van der Waals surface area contributed by atoms with Gasteiger partial charge in [-0.25, -0.2) is 0 Å². The second kappa shape index (κ2) is 7.60. The fourth-order valence-corrected chi connectivity index (χ4v) is 1.42. The summed E-state index contributed by atoms with van der Waals surface area (Å²) in [7, 11) is -0.686. The van der Waals surface area contributed by atoms with E-state index in [2.05, 4.69) is 0 Å². The van der Waals surface area contributed by atoms with Gasteiger partial charge in [0.25, 0.3) is 0 Å². The van der Waals surface area contributed by atoms with Gasteiger partial charge in [-0.05, 0) is 12.8 Å². The van der Waals surface area contributed by atoms with Crippen LogP contribution < -0.4 is 0 Å². The van der Waals surface area contributed by atoms with Gasteiger partial charge in [-0.2, -0.15) is 0 Å². The highest BCUT2D eigenvalue weighted by Crippen LogP contribution is 1.92. The number of hydrogen-bond acceptors (Lipinski definition) is 3. The first-order valence-corrected chi connectivity index (χ1v) is 5.49. The summed E-state index contributed by atoms with van der Waals surface area (Å²) in [5.74, 6) is 0. The summed E-state index contributed by atoms with van der Waals surface area (Å²) in [6.45, 7) is 5.51. The average Bonchev–Trinajstić information content (AvgIpc) is 1.97. The van der Waals surface area contributed by atoms with Gasteiger partial charge in [0.15, 0.2) is 0 Å². The molecule has 4 heteroatoms. The molecule has 0 N–H and O–H groups in total. The summed E-state index contributed by atoms with van der Waals surface area (Å²) in [4.78, 5) is 0. The molecule has 0 aliphatic rings. The second-order valence-corrected chi connectivity index (χ2v) is 3.54. The molecule has 0 bridgehead atoms. The van der Waals surface area contributed by atoms with E-state index in [-0.39, 0.29) is 0 Å². The van der Waals surface area contributed by atoms with Gasteiger partial charge in [0.1, 0.15) is 10.0 Å². The lowest BCUT2D eigenvalue weighted by Gasteiger charge is -2.03. The van der Waals surface area contributed by atoms with Crippen molar-refractivity contribution in [1.29, 1.82) is 0 Å². The summed E-state index contributed by atoms with van der Waals surface area (Å²) in [6.07, 6.45) is 1.99. The zero-order valence-corrected chi connectivity index (χ0v) is 8.09. The summed E-state index contributed by atoms with van der Waals surface area (Å²) < 4.78 is 10.2. The standard InChI is InChI=1S/C6H14O2S2/c1-3-5-7-10(9)8-6-4-2/h3-6H2,1-2H3. The van der Waals surface area contributed by atoms with Crippen LogP contribution in [0.25, 0.3) is 0 Å². The maximum absolute atomic E-state index is 5.11. The van der Waals surface area contributed by atoms with Crippen molar-refractivity contribution in [2.24, 2.45) is 0 Å². The summed E-state index contributed by atoms with van der Waals surface area (Å²) in [5.41, 5.74) is 0. The van der Waals surface area contributed by atoms with Crippen LogP contribution in [0.3, 0.4) is 0 Å². The molecule has 0 heterocycles. The van der Waals surface area contributed by atoms with Gasteiger partial charge in [0.05, 0.1) is 13.2 Å². The Hall–Kier alpha value is 0.490. The van der Waals surface area contributed by atoms with E-state index in [0.717, 1.165) is 12.8 Å². The molecule has 0 radical (unpaired) electrons. The smallest absolute Gasteiger partial charge is 0.148 e. The molecule has 0 amide bonds. The second-order valence-electron chi connectivity index (χ2n) is 1.85. The van der Waals surface area contributed by atoms with Crippen LogP contribution in [0.1, 0.15) is 26.7 Å². The highest BCUT2D eigenvalue weighted by atomic mass is 32.8. The molecule has 0 aliphatic carbocycles. The van der Waals surface area contributed by atoms with E-state index in [9.17, 15) is 0 Å². The van der Waals surface area contributed by atoms with Gasteiger partial charge in [0.2, 0.25) is 0 Å². The van der Waals surface area contributed by atoms with Gasteiger partial charge in [-0.3, -0.25) is 8.37 Å². The first-order chi connectivity index (χ1) is 4.81.